The van der Waals surface area contributed by atoms with Crippen LogP contribution >= 0.6 is 23.2 Å². The molecule has 0 spiro atoms. The summed E-state index contributed by atoms with van der Waals surface area (Å²) in [4.78, 5) is 12.5. The normalized spacial score (nSPS) is 10.5. The zero-order valence-corrected chi connectivity index (χ0v) is 13.3. The molecule has 3 rings (SSSR count). The number of hydrogen-bond donors (Lipinski definition) is 2. The minimum atomic E-state index is 0.0731. The average molecular weight is 342 g/mol. The molecule has 1 heterocycles. The molecule has 0 aliphatic carbocycles. The van der Waals surface area contributed by atoms with Crippen LogP contribution in [0.2, 0.25) is 10.0 Å². The van der Waals surface area contributed by atoms with Crippen molar-refractivity contribution in [3.63, 3.8) is 0 Å². The average Bonchev–Trinajstić information content (AvgIpc) is 2.51. The number of benzene rings is 2. The van der Waals surface area contributed by atoms with E-state index in [1.54, 1.807) is 42.5 Å². The van der Waals surface area contributed by atoms with Gasteiger partial charge in [0, 0.05) is 16.3 Å². The molecule has 0 aliphatic heterocycles. The van der Waals surface area contributed by atoms with E-state index in [0.29, 0.717) is 32.8 Å². The summed E-state index contributed by atoms with van der Waals surface area (Å²) in [5.74, 6) is 0.709. The highest BCUT2D eigenvalue weighted by Crippen LogP contribution is 2.29. The number of nitrogen functional groups attached to an aromatic ring is 1. The number of nitrogens with two attached hydrogens (primary N) is 1. The highest BCUT2D eigenvalue weighted by molar-refractivity contribution is 6.35. The van der Waals surface area contributed by atoms with Crippen LogP contribution in [0, 0.1) is 0 Å². The molecule has 0 fully saturated rings. The Labute approximate surface area is 144 Å². The summed E-state index contributed by atoms with van der Waals surface area (Å²) in [5, 5.41) is 4.04. The fourth-order valence-corrected chi connectivity index (χ4v) is 2.31. The van der Waals surface area contributed by atoms with Gasteiger partial charge in [-0.2, -0.15) is 15.0 Å². The lowest BCUT2D eigenvalue weighted by Crippen LogP contribution is -2.06. The van der Waals surface area contributed by atoms with Crippen molar-refractivity contribution in [2.75, 3.05) is 11.1 Å². The molecule has 3 N–H and O–H groups in total. The SMILES string of the molecule is [B]c1ccc(Nc2nc(N)nc(-c3cc(Cl)ccc3Cl)n2)cc1. The Morgan fingerprint density at radius 2 is 1.70 bits per heavy atom. The maximum atomic E-state index is 6.18. The van der Waals surface area contributed by atoms with Crippen molar-refractivity contribution in [1.29, 1.82) is 0 Å². The van der Waals surface area contributed by atoms with Crippen LogP contribution in [-0.2, 0) is 0 Å². The van der Waals surface area contributed by atoms with E-state index in [1.165, 1.54) is 0 Å². The second-order valence-corrected chi connectivity index (χ2v) is 5.56. The number of nitrogens with one attached hydrogen (secondary N) is 1. The Kier molecular flexibility index (Phi) is 4.36. The summed E-state index contributed by atoms with van der Waals surface area (Å²) >= 11 is 12.2. The molecule has 2 radical (unpaired) electrons. The zero-order valence-electron chi connectivity index (χ0n) is 11.8. The molecule has 0 amide bonds. The Morgan fingerprint density at radius 3 is 2.43 bits per heavy atom. The van der Waals surface area contributed by atoms with Gasteiger partial charge in [0.05, 0.1) is 5.02 Å². The standard InChI is InChI=1S/C15H10BCl2N5/c16-8-1-4-10(5-2-8)20-15-22-13(21-14(19)23-15)11-7-9(17)3-6-12(11)18/h1-7H,(H3,19,20,21,22,23). The fraction of sp³-hybridized carbons (Fsp3) is 0. The summed E-state index contributed by atoms with van der Waals surface area (Å²) < 4.78 is 0. The van der Waals surface area contributed by atoms with Crippen molar-refractivity contribution in [2.45, 2.75) is 0 Å². The minimum absolute atomic E-state index is 0.0731. The van der Waals surface area contributed by atoms with Gasteiger partial charge in [0.1, 0.15) is 7.85 Å². The Hall–Kier alpha value is -2.31. The molecule has 0 aliphatic rings. The lowest BCUT2D eigenvalue weighted by atomic mass is 9.96. The molecule has 8 heteroatoms. The summed E-state index contributed by atoms with van der Waals surface area (Å²) in [6.45, 7) is 0. The van der Waals surface area contributed by atoms with Gasteiger partial charge < -0.3 is 11.1 Å². The summed E-state index contributed by atoms with van der Waals surface area (Å²) in [6, 6.07) is 12.2. The van der Waals surface area contributed by atoms with Crippen LogP contribution in [-0.4, -0.2) is 22.8 Å². The third kappa shape index (κ3) is 3.72. The van der Waals surface area contributed by atoms with Crippen LogP contribution in [0.1, 0.15) is 0 Å². The lowest BCUT2D eigenvalue weighted by molar-refractivity contribution is 1.08. The van der Waals surface area contributed by atoms with Gasteiger partial charge in [-0.25, -0.2) is 0 Å². The van der Waals surface area contributed by atoms with E-state index in [1.807, 2.05) is 0 Å². The number of aromatic nitrogens is 3. The molecule has 112 valence electrons. The highest BCUT2D eigenvalue weighted by Gasteiger charge is 2.11. The molecule has 0 saturated heterocycles. The van der Waals surface area contributed by atoms with Crippen molar-refractivity contribution >= 4 is 54.1 Å². The molecule has 1 aromatic heterocycles. The zero-order chi connectivity index (χ0) is 16.4. The van der Waals surface area contributed by atoms with Crippen LogP contribution in [0.15, 0.2) is 42.5 Å². The molecule has 3 aromatic rings. The maximum Gasteiger partial charge on any atom is 0.232 e. The summed E-state index contributed by atoms with van der Waals surface area (Å²) in [7, 11) is 5.66. The molecule has 23 heavy (non-hydrogen) atoms. The number of hydrogen-bond acceptors (Lipinski definition) is 5. The molecular formula is C15H10BCl2N5. The molecule has 2 aromatic carbocycles. The van der Waals surface area contributed by atoms with E-state index < -0.39 is 0 Å². The third-order valence-electron chi connectivity index (χ3n) is 2.99. The largest absolute Gasteiger partial charge is 0.368 e. The second-order valence-electron chi connectivity index (χ2n) is 4.71. The van der Waals surface area contributed by atoms with Crippen molar-refractivity contribution in [2.24, 2.45) is 0 Å². The quantitative estimate of drug-likeness (QED) is 0.716. The number of anilines is 3. The Bertz CT molecular complexity index is 855. The predicted molar refractivity (Wildman–Crippen MR) is 94.8 cm³/mol. The Balaban J connectivity index is 1.99. The smallest absolute Gasteiger partial charge is 0.232 e. The van der Waals surface area contributed by atoms with Crippen LogP contribution in [0.3, 0.4) is 0 Å². The van der Waals surface area contributed by atoms with E-state index in [2.05, 4.69) is 20.3 Å². The first-order chi connectivity index (χ1) is 11.0. The number of rotatable bonds is 3. The van der Waals surface area contributed by atoms with E-state index in [-0.39, 0.29) is 5.95 Å². The Morgan fingerprint density at radius 1 is 0.957 bits per heavy atom. The predicted octanol–water partition coefficient (Wildman–Crippen LogP) is 2.97. The van der Waals surface area contributed by atoms with Gasteiger partial charge in [0.25, 0.3) is 0 Å². The monoisotopic (exact) mass is 341 g/mol. The van der Waals surface area contributed by atoms with Crippen molar-refractivity contribution in [3.8, 4) is 11.4 Å². The highest BCUT2D eigenvalue weighted by atomic mass is 35.5. The first-order valence-electron chi connectivity index (χ1n) is 6.61. The van der Waals surface area contributed by atoms with Crippen LogP contribution < -0.4 is 16.5 Å². The van der Waals surface area contributed by atoms with Gasteiger partial charge in [-0.15, -0.1) is 0 Å². The fourth-order valence-electron chi connectivity index (χ4n) is 1.93. The molecule has 0 bridgehead atoms. The third-order valence-corrected chi connectivity index (χ3v) is 3.55. The van der Waals surface area contributed by atoms with Gasteiger partial charge in [0.15, 0.2) is 5.82 Å². The molecule has 0 saturated carbocycles. The first kappa shape index (κ1) is 15.6. The van der Waals surface area contributed by atoms with Gasteiger partial charge in [0.2, 0.25) is 11.9 Å². The van der Waals surface area contributed by atoms with Crippen molar-refractivity contribution in [3.05, 3.63) is 52.5 Å². The molecule has 5 nitrogen and oxygen atoms in total. The van der Waals surface area contributed by atoms with E-state index in [9.17, 15) is 0 Å². The molecular weight excluding hydrogens is 332 g/mol. The van der Waals surface area contributed by atoms with Crippen LogP contribution in [0.5, 0.6) is 0 Å². The number of halogens is 2. The topological polar surface area (TPSA) is 76.7 Å². The molecule has 0 atom stereocenters. The van der Waals surface area contributed by atoms with Gasteiger partial charge in [-0.05, 0) is 30.3 Å². The summed E-state index contributed by atoms with van der Waals surface area (Å²) in [6.07, 6.45) is 0. The lowest BCUT2D eigenvalue weighted by Gasteiger charge is -2.09. The van der Waals surface area contributed by atoms with E-state index in [4.69, 9.17) is 36.8 Å². The minimum Gasteiger partial charge on any atom is -0.368 e. The van der Waals surface area contributed by atoms with Crippen molar-refractivity contribution in [1.82, 2.24) is 15.0 Å². The van der Waals surface area contributed by atoms with Crippen LogP contribution in [0.25, 0.3) is 11.4 Å². The first-order valence-corrected chi connectivity index (χ1v) is 7.36. The van der Waals surface area contributed by atoms with Crippen molar-refractivity contribution < 1.29 is 0 Å². The van der Waals surface area contributed by atoms with Gasteiger partial charge in [-0.1, -0.05) is 40.8 Å². The van der Waals surface area contributed by atoms with Gasteiger partial charge >= 0.3 is 0 Å². The van der Waals surface area contributed by atoms with Crippen LogP contribution in [0.4, 0.5) is 17.6 Å². The molecule has 0 unspecified atom stereocenters. The summed E-state index contributed by atoms with van der Waals surface area (Å²) in [5.41, 5.74) is 7.78. The van der Waals surface area contributed by atoms with E-state index >= 15 is 0 Å². The van der Waals surface area contributed by atoms with Gasteiger partial charge in [-0.3, -0.25) is 0 Å². The second kappa shape index (κ2) is 6.44. The van der Waals surface area contributed by atoms with E-state index in [0.717, 1.165) is 5.69 Å². The maximum absolute atomic E-state index is 6.18. The number of nitrogens with zero attached hydrogens (tertiary/aromatic N) is 3.